The molecule has 0 aliphatic carbocycles. The van der Waals surface area contributed by atoms with Gasteiger partial charge in [-0.1, -0.05) is 35.9 Å². The second-order valence-corrected chi connectivity index (χ2v) is 6.69. The van der Waals surface area contributed by atoms with Crippen LogP contribution in [0.1, 0.15) is 30.5 Å². The third-order valence-corrected chi connectivity index (χ3v) is 4.49. The Balaban J connectivity index is 1.96. The lowest BCUT2D eigenvalue weighted by Gasteiger charge is -2.24. The molecule has 0 atom stereocenters. The van der Waals surface area contributed by atoms with Gasteiger partial charge in [0, 0.05) is 6.54 Å². The van der Waals surface area contributed by atoms with Crippen molar-refractivity contribution in [3.63, 3.8) is 0 Å². The molecule has 1 N–H and O–H groups in total. The lowest BCUT2D eigenvalue weighted by atomic mass is 9.83. The Morgan fingerprint density at radius 1 is 1.00 bits per heavy atom. The van der Waals surface area contributed by atoms with Crippen LogP contribution in [0.2, 0.25) is 0 Å². The fraction of sp³-hybridized carbons (Fsp3) is 0.381. The van der Waals surface area contributed by atoms with Crippen molar-refractivity contribution in [2.24, 2.45) is 0 Å². The molecule has 0 heterocycles. The van der Waals surface area contributed by atoms with Crippen molar-refractivity contribution in [1.29, 1.82) is 0 Å². The summed E-state index contributed by atoms with van der Waals surface area (Å²) in [6.07, 6.45) is 0.732. The highest BCUT2D eigenvalue weighted by Gasteiger charge is 2.29. The SMILES string of the molecule is COc1ccc(CCNC(=O)C(C)(C)c2ccc(C)cc2)cc1OC. The molecule has 0 bridgehead atoms. The largest absolute Gasteiger partial charge is 0.493 e. The summed E-state index contributed by atoms with van der Waals surface area (Å²) in [6.45, 7) is 6.51. The number of ether oxygens (including phenoxy) is 2. The summed E-state index contributed by atoms with van der Waals surface area (Å²) in [6, 6.07) is 13.9. The summed E-state index contributed by atoms with van der Waals surface area (Å²) in [7, 11) is 3.23. The van der Waals surface area contributed by atoms with Gasteiger partial charge in [-0.3, -0.25) is 4.79 Å². The second-order valence-electron chi connectivity index (χ2n) is 6.69. The van der Waals surface area contributed by atoms with E-state index in [-0.39, 0.29) is 5.91 Å². The smallest absolute Gasteiger partial charge is 0.230 e. The van der Waals surface area contributed by atoms with Crippen molar-refractivity contribution < 1.29 is 14.3 Å². The number of hydrogen-bond donors (Lipinski definition) is 1. The molecule has 1 amide bonds. The number of aryl methyl sites for hydroxylation is 1. The van der Waals surface area contributed by atoms with Crippen molar-refractivity contribution >= 4 is 5.91 Å². The zero-order valence-corrected chi connectivity index (χ0v) is 15.7. The predicted octanol–water partition coefficient (Wildman–Crippen LogP) is 3.65. The summed E-state index contributed by atoms with van der Waals surface area (Å²) in [5.41, 5.74) is 2.73. The molecule has 0 aromatic heterocycles. The molecule has 0 spiro atoms. The third-order valence-electron chi connectivity index (χ3n) is 4.49. The van der Waals surface area contributed by atoms with Gasteiger partial charge in [-0.15, -0.1) is 0 Å². The zero-order chi connectivity index (χ0) is 18.4. The normalized spacial score (nSPS) is 11.1. The van der Waals surface area contributed by atoms with Gasteiger partial charge in [0.15, 0.2) is 11.5 Å². The molecule has 2 aromatic carbocycles. The van der Waals surface area contributed by atoms with E-state index in [2.05, 4.69) is 5.32 Å². The van der Waals surface area contributed by atoms with Gasteiger partial charge in [-0.05, 0) is 50.5 Å². The fourth-order valence-electron chi connectivity index (χ4n) is 2.68. The Morgan fingerprint density at radius 2 is 1.64 bits per heavy atom. The highest BCUT2D eigenvalue weighted by molar-refractivity contribution is 5.87. The number of carbonyl (C=O) groups is 1. The lowest BCUT2D eigenvalue weighted by molar-refractivity contribution is -0.125. The average molecular weight is 341 g/mol. The molecular weight excluding hydrogens is 314 g/mol. The first-order chi connectivity index (χ1) is 11.9. The quantitative estimate of drug-likeness (QED) is 0.836. The topological polar surface area (TPSA) is 47.6 Å². The van der Waals surface area contributed by atoms with E-state index in [1.54, 1.807) is 14.2 Å². The van der Waals surface area contributed by atoms with E-state index in [0.29, 0.717) is 18.0 Å². The maximum Gasteiger partial charge on any atom is 0.230 e. The number of nitrogens with one attached hydrogen (secondary N) is 1. The standard InChI is InChI=1S/C21H27NO3/c1-15-6-9-17(10-7-15)21(2,3)20(23)22-13-12-16-8-11-18(24-4)19(14-16)25-5/h6-11,14H,12-13H2,1-5H3,(H,22,23). The molecule has 4 heteroatoms. The van der Waals surface area contributed by atoms with Crippen LogP contribution in [0.4, 0.5) is 0 Å². The van der Waals surface area contributed by atoms with Crippen LogP contribution >= 0.6 is 0 Å². The van der Waals surface area contributed by atoms with Crippen LogP contribution < -0.4 is 14.8 Å². The molecule has 2 aromatic rings. The molecular formula is C21H27NO3. The number of methoxy groups -OCH3 is 2. The maximum atomic E-state index is 12.6. The minimum Gasteiger partial charge on any atom is -0.493 e. The van der Waals surface area contributed by atoms with Gasteiger partial charge < -0.3 is 14.8 Å². The fourth-order valence-corrected chi connectivity index (χ4v) is 2.68. The summed E-state index contributed by atoms with van der Waals surface area (Å²) >= 11 is 0. The summed E-state index contributed by atoms with van der Waals surface area (Å²) < 4.78 is 10.6. The highest BCUT2D eigenvalue weighted by atomic mass is 16.5. The maximum absolute atomic E-state index is 12.6. The van der Waals surface area contributed by atoms with Crippen molar-refractivity contribution in [2.75, 3.05) is 20.8 Å². The Hall–Kier alpha value is -2.49. The molecule has 0 saturated carbocycles. The first-order valence-electron chi connectivity index (χ1n) is 8.45. The number of benzene rings is 2. The molecule has 0 aliphatic rings. The second kappa shape index (κ2) is 8.06. The van der Waals surface area contributed by atoms with E-state index in [1.165, 1.54) is 5.56 Å². The van der Waals surface area contributed by atoms with E-state index < -0.39 is 5.41 Å². The predicted molar refractivity (Wildman–Crippen MR) is 100 cm³/mol. The van der Waals surface area contributed by atoms with Gasteiger partial charge in [-0.25, -0.2) is 0 Å². The summed E-state index contributed by atoms with van der Waals surface area (Å²) in [5.74, 6) is 1.43. The van der Waals surface area contributed by atoms with Gasteiger partial charge in [0.05, 0.1) is 19.6 Å². The van der Waals surface area contributed by atoms with Crippen molar-refractivity contribution in [3.05, 3.63) is 59.2 Å². The van der Waals surface area contributed by atoms with Crippen LogP contribution in [0.5, 0.6) is 11.5 Å². The van der Waals surface area contributed by atoms with Crippen LogP contribution in [0, 0.1) is 6.92 Å². The van der Waals surface area contributed by atoms with Crippen LogP contribution in [-0.2, 0) is 16.6 Å². The number of carbonyl (C=O) groups excluding carboxylic acids is 1. The van der Waals surface area contributed by atoms with Gasteiger partial charge in [0.2, 0.25) is 5.91 Å². The minimum absolute atomic E-state index is 0.0248. The molecule has 0 fully saturated rings. The number of amides is 1. The van der Waals surface area contributed by atoms with Crippen molar-refractivity contribution in [2.45, 2.75) is 32.6 Å². The van der Waals surface area contributed by atoms with Crippen LogP contribution in [0.25, 0.3) is 0 Å². The Labute approximate surface area is 150 Å². The molecule has 0 unspecified atom stereocenters. The Kier molecular flexibility index (Phi) is 6.07. The monoisotopic (exact) mass is 341 g/mol. The van der Waals surface area contributed by atoms with Crippen LogP contribution in [-0.4, -0.2) is 26.7 Å². The number of rotatable bonds is 7. The average Bonchev–Trinajstić information content (AvgIpc) is 2.61. The summed E-state index contributed by atoms with van der Waals surface area (Å²) in [5, 5.41) is 3.04. The molecule has 134 valence electrons. The van der Waals surface area contributed by atoms with E-state index in [4.69, 9.17) is 9.47 Å². The van der Waals surface area contributed by atoms with Gasteiger partial charge >= 0.3 is 0 Å². The summed E-state index contributed by atoms with van der Waals surface area (Å²) in [4.78, 5) is 12.6. The Bertz CT molecular complexity index is 720. The highest BCUT2D eigenvalue weighted by Crippen LogP contribution is 2.28. The molecule has 0 saturated heterocycles. The van der Waals surface area contributed by atoms with Gasteiger partial charge in [0.25, 0.3) is 0 Å². The van der Waals surface area contributed by atoms with E-state index >= 15 is 0 Å². The molecule has 2 rings (SSSR count). The van der Waals surface area contributed by atoms with E-state index in [9.17, 15) is 4.79 Å². The van der Waals surface area contributed by atoms with Crippen molar-refractivity contribution in [1.82, 2.24) is 5.32 Å². The molecule has 4 nitrogen and oxygen atoms in total. The van der Waals surface area contributed by atoms with Crippen LogP contribution in [0.15, 0.2) is 42.5 Å². The Morgan fingerprint density at radius 3 is 2.24 bits per heavy atom. The molecule has 0 radical (unpaired) electrons. The van der Waals surface area contributed by atoms with Crippen LogP contribution in [0.3, 0.4) is 0 Å². The van der Waals surface area contributed by atoms with Gasteiger partial charge in [0.1, 0.15) is 0 Å². The molecule has 0 aliphatic heterocycles. The first-order valence-corrected chi connectivity index (χ1v) is 8.45. The minimum atomic E-state index is -0.564. The molecule has 25 heavy (non-hydrogen) atoms. The lowest BCUT2D eigenvalue weighted by Crippen LogP contribution is -2.40. The van der Waals surface area contributed by atoms with Gasteiger partial charge in [-0.2, -0.15) is 0 Å². The van der Waals surface area contributed by atoms with E-state index in [1.807, 2.05) is 63.2 Å². The van der Waals surface area contributed by atoms with Crippen molar-refractivity contribution in [3.8, 4) is 11.5 Å². The zero-order valence-electron chi connectivity index (χ0n) is 15.7. The third kappa shape index (κ3) is 4.53. The van der Waals surface area contributed by atoms with E-state index in [0.717, 1.165) is 17.5 Å². The number of hydrogen-bond acceptors (Lipinski definition) is 3. The first kappa shape index (κ1) is 18.8.